The molecule has 3 rings (SSSR count). The molecular weight excluding hydrogens is 404 g/mol. The van der Waals surface area contributed by atoms with Crippen molar-refractivity contribution in [2.24, 2.45) is 0 Å². The molecule has 0 fully saturated rings. The van der Waals surface area contributed by atoms with Crippen LogP contribution >= 0.6 is 0 Å². The lowest BCUT2D eigenvalue weighted by atomic mass is 10.1. The Kier molecular flexibility index (Phi) is 7.65. The van der Waals surface area contributed by atoms with Crippen LogP contribution in [0.5, 0.6) is 11.5 Å². The topological polar surface area (TPSA) is 67.9 Å². The zero-order valence-electron chi connectivity index (χ0n) is 18.4. The third-order valence-corrected chi connectivity index (χ3v) is 4.88. The number of para-hydroxylation sites is 2. The minimum absolute atomic E-state index is 0.182. The van der Waals surface area contributed by atoms with Crippen LogP contribution in [-0.4, -0.2) is 32.6 Å². The number of amides is 2. The van der Waals surface area contributed by atoms with Crippen LogP contribution in [0.3, 0.4) is 0 Å². The van der Waals surface area contributed by atoms with Crippen LogP contribution in [0.25, 0.3) is 6.08 Å². The first-order chi connectivity index (χ1) is 15.6. The number of hydrogen-bond acceptors (Lipinski definition) is 4. The summed E-state index contributed by atoms with van der Waals surface area (Å²) in [5, 5.41) is 2.81. The van der Waals surface area contributed by atoms with Crippen molar-refractivity contribution in [1.29, 1.82) is 0 Å². The van der Waals surface area contributed by atoms with E-state index in [1.807, 2.05) is 43.3 Å². The highest BCUT2D eigenvalue weighted by Crippen LogP contribution is 2.28. The fourth-order valence-electron chi connectivity index (χ4n) is 3.28. The van der Waals surface area contributed by atoms with Crippen molar-refractivity contribution in [2.75, 3.05) is 31.0 Å². The van der Waals surface area contributed by atoms with Crippen molar-refractivity contribution < 1.29 is 19.1 Å². The lowest BCUT2D eigenvalue weighted by Crippen LogP contribution is -2.31. The molecule has 1 N–H and O–H groups in total. The van der Waals surface area contributed by atoms with E-state index in [4.69, 9.17) is 9.47 Å². The summed E-state index contributed by atoms with van der Waals surface area (Å²) < 4.78 is 10.5. The molecule has 0 aliphatic rings. The summed E-state index contributed by atoms with van der Waals surface area (Å²) in [5.41, 5.74) is 2.46. The third-order valence-electron chi connectivity index (χ3n) is 4.88. The molecule has 0 unspecified atom stereocenters. The minimum atomic E-state index is -0.345. The molecule has 3 aromatic carbocycles. The van der Waals surface area contributed by atoms with E-state index in [0.29, 0.717) is 29.3 Å². The van der Waals surface area contributed by atoms with Crippen LogP contribution in [-0.2, 0) is 4.79 Å². The summed E-state index contributed by atoms with van der Waals surface area (Å²) in [6, 6.07) is 21.8. The van der Waals surface area contributed by atoms with Gasteiger partial charge < -0.3 is 19.7 Å². The van der Waals surface area contributed by atoms with Gasteiger partial charge in [0.2, 0.25) is 5.91 Å². The van der Waals surface area contributed by atoms with E-state index < -0.39 is 0 Å². The summed E-state index contributed by atoms with van der Waals surface area (Å²) in [4.78, 5) is 27.5. The molecular formula is C26H26N2O4. The molecule has 0 aromatic heterocycles. The molecule has 0 heterocycles. The van der Waals surface area contributed by atoms with Gasteiger partial charge in [0.15, 0.2) is 11.5 Å². The molecule has 3 aromatic rings. The first kappa shape index (κ1) is 22.6. The molecule has 6 nitrogen and oxygen atoms in total. The third kappa shape index (κ3) is 5.35. The van der Waals surface area contributed by atoms with Crippen molar-refractivity contribution in [3.05, 3.63) is 90.0 Å². The number of anilines is 2. The summed E-state index contributed by atoms with van der Waals surface area (Å²) >= 11 is 0. The maximum absolute atomic E-state index is 13.2. The smallest absolute Gasteiger partial charge is 0.260 e. The van der Waals surface area contributed by atoms with E-state index in [2.05, 4.69) is 5.32 Å². The maximum atomic E-state index is 13.2. The number of benzene rings is 3. The predicted molar refractivity (Wildman–Crippen MR) is 127 cm³/mol. The van der Waals surface area contributed by atoms with Crippen LogP contribution in [0.1, 0.15) is 22.8 Å². The quantitative estimate of drug-likeness (QED) is 0.510. The van der Waals surface area contributed by atoms with Crippen LogP contribution in [0.15, 0.2) is 78.9 Å². The van der Waals surface area contributed by atoms with Gasteiger partial charge in [-0.1, -0.05) is 36.4 Å². The number of hydrogen-bond donors (Lipinski definition) is 1. The lowest BCUT2D eigenvalue weighted by Gasteiger charge is -2.22. The molecule has 0 bridgehead atoms. The SMILES string of the molecule is CCN(C(=O)c1ccccc1NC(=O)/C=C/c1ccc(OC)c(OC)c1)c1ccccc1. The Morgan fingerprint density at radius 3 is 2.28 bits per heavy atom. The Labute approximate surface area is 188 Å². The van der Waals surface area contributed by atoms with Crippen LogP contribution in [0.2, 0.25) is 0 Å². The van der Waals surface area contributed by atoms with Gasteiger partial charge in [-0.05, 0) is 55.0 Å². The molecule has 6 heteroatoms. The highest BCUT2D eigenvalue weighted by atomic mass is 16.5. The summed E-state index contributed by atoms with van der Waals surface area (Å²) in [7, 11) is 3.12. The largest absolute Gasteiger partial charge is 0.493 e. The minimum Gasteiger partial charge on any atom is -0.493 e. The molecule has 0 aliphatic heterocycles. The number of methoxy groups -OCH3 is 2. The molecule has 164 valence electrons. The van der Waals surface area contributed by atoms with E-state index in [1.54, 1.807) is 61.6 Å². The van der Waals surface area contributed by atoms with Gasteiger partial charge in [0.25, 0.3) is 5.91 Å². The Bertz CT molecular complexity index is 1110. The van der Waals surface area contributed by atoms with Gasteiger partial charge in [-0.3, -0.25) is 9.59 Å². The average Bonchev–Trinajstić information content (AvgIpc) is 2.84. The number of ether oxygens (including phenoxy) is 2. The van der Waals surface area contributed by atoms with Crippen molar-refractivity contribution >= 4 is 29.3 Å². The van der Waals surface area contributed by atoms with Gasteiger partial charge in [0, 0.05) is 18.3 Å². The zero-order valence-corrected chi connectivity index (χ0v) is 18.4. The van der Waals surface area contributed by atoms with Crippen LogP contribution in [0, 0.1) is 0 Å². The highest BCUT2D eigenvalue weighted by Gasteiger charge is 2.19. The van der Waals surface area contributed by atoms with Gasteiger partial charge in [0.05, 0.1) is 25.5 Å². The molecule has 0 saturated heterocycles. The molecule has 0 spiro atoms. The van der Waals surface area contributed by atoms with Gasteiger partial charge in [-0.25, -0.2) is 0 Å². The van der Waals surface area contributed by atoms with Gasteiger partial charge in [-0.2, -0.15) is 0 Å². The normalized spacial score (nSPS) is 10.6. The number of carbonyl (C=O) groups is 2. The second kappa shape index (κ2) is 10.8. The van der Waals surface area contributed by atoms with Crippen molar-refractivity contribution in [3.8, 4) is 11.5 Å². The Balaban J connectivity index is 1.78. The second-order valence-corrected chi connectivity index (χ2v) is 6.87. The zero-order chi connectivity index (χ0) is 22.9. The molecule has 2 amide bonds. The lowest BCUT2D eigenvalue weighted by molar-refractivity contribution is -0.111. The molecule has 0 saturated carbocycles. The predicted octanol–water partition coefficient (Wildman–Crippen LogP) is 5.02. The van der Waals surface area contributed by atoms with E-state index in [1.165, 1.54) is 6.08 Å². The molecule has 0 radical (unpaired) electrons. The summed E-state index contributed by atoms with van der Waals surface area (Å²) in [5.74, 6) is 0.660. The van der Waals surface area contributed by atoms with E-state index in [0.717, 1.165) is 11.3 Å². The van der Waals surface area contributed by atoms with Gasteiger partial charge >= 0.3 is 0 Å². The fraction of sp³-hybridized carbons (Fsp3) is 0.154. The number of nitrogens with zero attached hydrogens (tertiary/aromatic N) is 1. The summed E-state index contributed by atoms with van der Waals surface area (Å²) in [6.45, 7) is 2.42. The van der Waals surface area contributed by atoms with Crippen molar-refractivity contribution in [1.82, 2.24) is 0 Å². The Morgan fingerprint density at radius 2 is 1.59 bits per heavy atom. The Morgan fingerprint density at radius 1 is 0.906 bits per heavy atom. The first-order valence-electron chi connectivity index (χ1n) is 10.2. The molecule has 0 atom stereocenters. The average molecular weight is 431 g/mol. The molecule has 32 heavy (non-hydrogen) atoms. The van der Waals surface area contributed by atoms with E-state index in [9.17, 15) is 9.59 Å². The van der Waals surface area contributed by atoms with Gasteiger partial charge in [0.1, 0.15) is 0 Å². The fourth-order valence-corrected chi connectivity index (χ4v) is 3.28. The standard InChI is InChI=1S/C26H26N2O4/c1-4-28(20-10-6-5-7-11-20)26(30)21-12-8-9-13-22(21)27-25(29)17-15-19-14-16-23(31-2)24(18-19)32-3/h5-18H,4H2,1-3H3,(H,27,29)/b17-15+. The second-order valence-electron chi connectivity index (χ2n) is 6.87. The number of nitrogens with one attached hydrogen (secondary N) is 1. The van der Waals surface area contributed by atoms with Crippen molar-refractivity contribution in [2.45, 2.75) is 6.92 Å². The maximum Gasteiger partial charge on any atom is 0.260 e. The van der Waals surface area contributed by atoms with E-state index >= 15 is 0 Å². The highest BCUT2D eigenvalue weighted by molar-refractivity contribution is 6.12. The number of rotatable bonds is 8. The van der Waals surface area contributed by atoms with Crippen LogP contribution < -0.4 is 19.7 Å². The monoisotopic (exact) mass is 430 g/mol. The summed E-state index contributed by atoms with van der Waals surface area (Å²) in [6.07, 6.45) is 3.08. The van der Waals surface area contributed by atoms with Crippen molar-refractivity contribution in [3.63, 3.8) is 0 Å². The van der Waals surface area contributed by atoms with Crippen LogP contribution in [0.4, 0.5) is 11.4 Å². The van der Waals surface area contributed by atoms with Gasteiger partial charge in [-0.15, -0.1) is 0 Å². The number of carbonyl (C=O) groups excluding carboxylic acids is 2. The van der Waals surface area contributed by atoms with E-state index in [-0.39, 0.29) is 11.8 Å². The molecule has 0 aliphatic carbocycles. The Hall–Kier alpha value is -4.06. The first-order valence-corrected chi connectivity index (χ1v) is 10.2.